The minimum absolute atomic E-state index is 0.0178. The maximum Gasteiger partial charge on any atom is 0.407 e. The molecule has 1 aliphatic rings. The standard InChI is InChI=1S/C20H34N2O3Si/c1-20(2,3)26(4,5)25-15-18(13-16-9-7-6-8-10-16)22(19(23)24)17-11-12-21-14-17/h6-10,17-18,21H,11-15H2,1-5H3,(H,23,24). The van der Waals surface area contributed by atoms with Crippen LogP contribution in [0.15, 0.2) is 30.3 Å². The minimum atomic E-state index is -1.94. The van der Waals surface area contributed by atoms with Crippen molar-refractivity contribution in [3.63, 3.8) is 0 Å². The van der Waals surface area contributed by atoms with Crippen LogP contribution < -0.4 is 5.32 Å². The number of hydrogen-bond acceptors (Lipinski definition) is 3. The van der Waals surface area contributed by atoms with E-state index >= 15 is 0 Å². The Kier molecular flexibility index (Phi) is 6.88. The summed E-state index contributed by atoms with van der Waals surface area (Å²) in [6.07, 6.45) is 0.689. The molecule has 0 aromatic heterocycles. The van der Waals surface area contributed by atoms with Crippen LogP contribution in [0.25, 0.3) is 0 Å². The summed E-state index contributed by atoms with van der Waals surface area (Å²) < 4.78 is 6.43. The highest BCUT2D eigenvalue weighted by Crippen LogP contribution is 2.37. The predicted molar refractivity (Wildman–Crippen MR) is 108 cm³/mol. The monoisotopic (exact) mass is 378 g/mol. The van der Waals surface area contributed by atoms with E-state index in [0.717, 1.165) is 25.1 Å². The third-order valence-corrected chi connectivity index (χ3v) is 10.3. The van der Waals surface area contributed by atoms with Gasteiger partial charge in [-0.1, -0.05) is 51.1 Å². The third-order valence-electron chi connectivity index (χ3n) is 5.80. The van der Waals surface area contributed by atoms with Crippen LogP contribution in [0, 0.1) is 0 Å². The molecule has 146 valence electrons. The highest BCUT2D eigenvalue weighted by atomic mass is 28.4. The summed E-state index contributed by atoms with van der Waals surface area (Å²) in [5.74, 6) is 0. The van der Waals surface area contributed by atoms with Crippen molar-refractivity contribution in [2.75, 3.05) is 19.7 Å². The normalized spacial score (nSPS) is 19.3. The fourth-order valence-corrected chi connectivity index (χ4v) is 4.17. The number of nitrogens with zero attached hydrogens (tertiary/aromatic N) is 1. The topological polar surface area (TPSA) is 61.8 Å². The fraction of sp³-hybridized carbons (Fsp3) is 0.650. The molecular weight excluding hydrogens is 344 g/mol. The Morgan fingerprint density at radius 1 is 1.35 bits per heavy atom. The van der Waals surface area contributed by atoms with Gasteiger partial charge in [0, 0.05) is 12.6 Å². The zero-order valence-corrected chi connectivity index (χ0v) is 17.8. The Bertz CT molecular complexity index is 580. The molecule has 1 aromatic carbocycles. The second-order valence-corrected chi connectivity index (χ2v) is 13.6. The van der Waals surface area contributed by atoms with Crippen molar-refractivity contribution in [1.82, 2.24) is 10.2 Å². The largest absolute Gasteiger partial charge is 0.465 e. The first-order valence-electron chi connectivity index (χ1n) is 9.51. The quantitative estimate of drug-likeness (QED) is 0.705. The number of amides is 1. The van der Waals surface area contributed by atoms with Gasteiger partial charge >= 0.3 is 6.09 Å². The van der Waals surface area contributed by atoms with Crippen molar-refractivity contribution in [2.24, 2.45) is 0 Å². The Hall–Kier alpha value is -1.37. The maximum atomic E-state index is 12.1. The molecule has 6 heteroatoms. The second kappa shape index (κ2) is 8.54. The molecule has 2 N–H and O–H groups in total. The summed E-state index contributed by atoms with van der Waals surface area (Å²) in [4.78, 5) is 13.7. The van der Waals surface area contributed by atoms with Gasteiger partial charge in [0.05, 0.1) is 12.6 Å². The van der Waals surface area contributed by atoms with E-state index in [1.165, 1.54) is 0 Å². The van der Waals surface area contributed by atoms with Crippen LogP contribution in [0.3, 0.4) is 0 Å². The van der Waals surface area contributed by atoms with Crippen molar-refractivity contribution >= 4 is 14.4 Å². The molecule has 1 fully saturated rings. The number of carbonyl (C=O) groups is 1. The van der Waals surface area contributed by atoms with Crippen molar-refractivity contribution in [1.29, 1.82) is 0 Å². The third kappa shape index (κ3) is 5.31. The van der Waals surface area contributed by atoms with Crippen molar-refractivity contribution in [2.45, 2.75) is 63.8 Å². The summed E-state index contributed by atoms with van der Waals surface area (Å²) in [5, 5.41) is 13.3. The summed E-state index contributed by atoms with van der Waals surface area (Å²) in [6.45, 7) is 13.1. The number of nitrogens with one attached hydrogen (secondary N) is 1. The van der Waals surface area contributed by atoms with Gasteiger partial charge in [-0.25, -0.2) is 4.79 Å². The molecule has 0 aliphatic carbocycles. The van der Waals surface area contributed by atoms with Gasteiger partial charge in [0.15, 0.2) is 8.32 Å². The van der Waals surface area contributed by atoms with Crippen molar-refractivity contribution < 1.29 is 14.3 Å². The zero-order chi connectivity index (χ0) is 19.4. The van der Waals surface area contributed by atoms with Gasteiger partial charge < -0.3 is 14.8 Å². The Labute approximate surface area is 158 Å². The summed E-state index contributed by atoms with van der Waals surface area (Å²) in [6, 6.07) is 9.96. The number of benzene rings is 1. The summed E-state index contributed by atoms with van der Waals surface area (Å²) in [7, 11) is -1.94. The van der Waals surface area contributed by atoms with E-state index in [1.54, 1.807) is 4.90 Å². The maximum absolute atomic E-state index is 12.1. The molecule has 1 amide bonds. The highest BCUT2D eigenvalue weighted by molar-refractivity contribution is 6.74. The van der Waals surface area contributed by atoms with Gasteiger partial charge in [-0.3, -0.25) is 4.90 Å². The number of hydrogen-bond donors (Lipinski definition) is 2. The van der Waals surface area contributed by atoms with Crippen molar-refractivity contribution in [3.8, 4) is 0 Å². The molecule has 1 aromatic rings. The van der Waals surface area contributed by atoms with Crippen LogP contribution in [0.5, 0.6) is 0 Å². The lowest BCUT2D eigenvalue weighted by molar-refractivity contribution is 0.0784. The molecule has 2 atom stereocenters. The average molecular weight is 379 g/mol. The molecule has 0 spiro atoms. The summed E-state index contributed by atoms with van der Waals surface area (Å²) >= 11 is 0. The van der Waals surface area contributed by atoms with E-state index in [9.17, 15) is 9.90 Å². The lowest BCUT2D eigenvalue weighted by Gasteiger charge is -2.40. The van der Waals surface area contributed by atoms with Crippen LogP contribution >= 0.6 is 0 Å². The lowest BCUT2D eigenvalue weighted by Crippen LogP contribution is -2.52. The first kappa shape index (κ1) is 20.9. The molecule has 1 aliphatic heterocycles. The first-order valence-corrected chi connectivity index (χ1v) is 12.4. The van der Waals surface area contributed by atoms with Crippen LogP contribution in [0.4, 0.5) is 4.79 Å². The number of rotatable bonds is 7. The van der Waals surface area contributed by atoms with E-state index in [0.29, 0.717) is 13.0 Å². The predicted octanol–water partition coefficient (Wildman–Crippen LogP) is 3.96. The fourth-order valence-electron chi connectivity index (χ4n) is 3.13. The SMILES string of the molecule is CC(C)(C)[Si](C)(C)OCC(Cc1ccccc1)N(C(=O)O)C1CCNC1. The average Bonchev–Trinajstić information content (AvgIpc) is 3.06. The summed E-state index contributed by atoms with van der Waals surface area (Å²) in [5.41, 5.74) is 1.15. The molecular formula is C20H34N2O3Si. The first-order chi connectivity index (χ1) is 12.1. The van der Waals surface area contributed by atoms with E-state index < -0.39 is 14.4 Å². The van der Waals surface area contributed by atoms with E-state index in [-0.39, 0.29) is 17.1 Å². The van der Waals surface area contributed by atoms with E-state index in [4.69, 9.17) is 4.43 Å². The van der Waals surface area contributed by atoms with Gasteiger partial charge in [0.2, 0.25) is 0 Å². The zero-order valence-electron chi connectivity index (χ0n) is 16.8. The minimum Gasteiger partial charge on any atom is -0.465 e. The van der Waals surface area contributed by atoms with Crippen LogP contribution in [0.1, 0.15) is 32.8 Å². The van der Waals surface area contributed by atoms with Gasteiger partial charge in [-0.05, 0) is 43.1 Å². The molecule has 1 heterocycles. The van der Waals surface area contributed by atoms with E-state index in [1.807, 2.05) is 18.2 Å². The Balaban J connectivity index is 2.21. The molecule has 1 saturated heterocycles. The molecule has 2 unspecified atom stereocenters. The van der Waals surface area contributed by atoms with Crippen LogP contribution in [0.2, 0.25) is 18.1 Å². The molecule has 0 radical (unpaired) electrons. The molecule has 0 bridgehead atoms. The second-order valence-electron chi connectivity index (χ2n) is 8.75. The molecule has 5 nitrogen and oxygen atoms in total. The number of carboxylic acid groups (broad SMARTS) is 1. The Morgan fingerprint density at radius 2 is 2.00 bits per heavy atom. The molecule has 0 saturated carbocycles. The van der Waals surface area contributed by atoms with Crippen molar-refractivity contribution in [3.05, 3.63) is 35.9 Å². The van der Waals surface area contributed by atoms with Gasteiger partial charge in [0.25, 0.3) is 0 Å². The Morgan fingerprint density at radius 3 is 2.50 bits per heavy atom. The van der Waals surface area contributed by atoms with E-state index in [2.05, 4.69) is 51.3 Å². The lowest BCUT2D eigenvalue weighted by atomic mass is 10.0. The van der Waals surface area contributed by atoms with Gasteiger partial charge in [-0.15, -0.1) is 0 Å². The smallest absolute Gasteiger partial charge is 0.407 e. The van der Waals surface area contributed by atoms with Gasteiger partial charge in [-0.2, -0.15) is 0 Å². The van der Waals surface area contributed by atoms with Crippen LogP contribution in [-0.2, 0) is 10.8 Å². The molecule has 2 rings (SSSR count). The highest BCUT2D eigenvalue weighted by Gasteiger charge is 2.39. The van der Waals surface area contributed by atoms with Crippen LogP contribution in [-0.4, -0.2) is 56.2 Å². The van der Waals surface area contributed by atoms with Gasteiger partial charge in [0.1, 0.15) is 0 Å². The molecule has 26 heavy (non-hydrogen) atoms.